The Morgan fingerprint density at radius 2 is 2.30 bits per heavy atom. The predicted molar refractivity (Wildman–Crippen MR) is 78.4 cm³/mol. The van der Waals surface area contributed by atoms with Crippen LogP contribution < -0.4 is 5.32 Å². The number of thiophene rings is 1. The number of aliphatic hydroxyl groups excluding tert-OH is 1. The van der Waals surface area contributed by atoms with Crippen LogP contribution in [0.5, 0.6) is 0 Å². The van der Waals surface area contributed by atoms with Crippen molar-refractivity contribution in [3.05, 3.63) is 51.5 Å². The fraction of sp³-hybridized carbons (Fsp3) is 0.200. The number of aromatic nitrogens is 1. The molecular weight excluding hydrogens is 272 g/mol. The summed E-state index contributed by atoms with van der Waals surface area (Å²) < 4.78 is 0. The van der Waals surface area contributed by atoms with Gasteiger partial charge in [-0.3, -0.25) is 9.78 Å². The number of rotatable bonds is 3. The Morgan fingerprint density at radius 3 is 3.05 bits per heavy atom. The van der Waals surface area contributed by atoms with E-state index in [2.05, 4.69) is 22.1 Å². The monoisotopic (exact) mass is 286 g/mol. The van der Waals surface area contributed by atoms with Crippen molar-refractivity contribution in [2.75, 3.05) is 6.61 Å². The molecule has 0 aliphatic rings. The van der Waals surface area contributed by atoms with Crippen LogP contribution in [-0.4, -0.2) is 22.6 Å². The molecule has 0 radical (unpaired) electrons. The Bertz CT molecular complexity index is 668. The minimum Gasteiger partial charge on any atom is -0.384 e. The summed E-state index contributed by atoms with van der Waals surface area (Å²) in [6.45, 7) is 2.25. The smallest absolute Gasteiger partial charge is 0.261 e. The van der Waals surface area contributed by atoms with Gasteiger partial charge in [0.2, 0.25) is 0 Å². The van der Waals surface area contributed by atoms with Crippen LogP contribution in [0.3, 0.4) is 0 Å². The molecule has 0 atom stereocenters. The van der Waals surface area contributed by atoms with E-state index in [0.717, 1.165) is 16.0 Å². The number of carbonyl (C=O) groups excluding carboxylic acids is 1. The van der Waals surface area contributed by atoms with Gasteiger partial charge in [0.15, 0.2) is 0 Å². The summed E-state index contributed by atoms with van der Waals surface area (Å²) in [7, 11) is 0. The van der Waals surface area contributed by atoms with E-state index >= 15 is 0 Å². The van der Waals surface area contributed by atoms with Crippen molar-refractivity contribution >= 4 is 17.2 Å². The van der Waals surface area contributed by atoms with Crippen LogP contribution in [0.25, 0.3) is 0 Å². The Balaban J connectivity index is 1.98. The Hall–Kier alpha value is -2.16. The summed E-state index contributed by atoms with van der Waals surface area (Å²) in [6.07, 6.45) is 3.48. The van der Waals surface area contributed by atoms with Crippen LogP contribution in [0.15, 0.2) is 30.6 Å². The molecule has 2 aromatic heterocycles. The lowest BCUT2D eigenvalue weighted by molar-refractivity contribution is 0.0955. The maximum absolute atomic E-state index is 12.0. The predicted octanol–water partition coefficient (Wildman–Crippen LogP) is 1.73. The van der Waals surface area contributed by atoms with E-state index < -0.39 is 0 Å². The summed E-state index contributed by atoms with van der Waals surface area (Å²) in [4.78, 5) is 17.4. The van der Waals surface area contributed by atoms with Gasteiger partial charge in [-0.15, -0.1) is 11.3 Å². The number of aliphatic hydroxyl groups is 1. The molecule has 5 heteroatoms. The Kier molecular flexibility index (Phi) is 4.88. The second kappa shape index (κ2) is 6.85. The normalized spacial score (nSPS) is 9.70. The van der Waals surface area contributed by atoms with Gasteiger partial charge in [0.1, 0.15) is 6.61 Å². The van der Waals surface area contributed by atoms with E-state index in [4.69, 9.17) is 5.11 Å². The van der Waals surface area contributed by atoms with Crippen LogP contribution in [-0.2, 0) is 6.54 Å². The van der Waals surface area contributed by atoms with Crippen molar-refractivity contribution in [2.45, 2.75) is 13.5 Å². The maximum Gasteiger partial charge on any atom is 0.261 e. The Morgan fingerprint density at radius 1 is 1.45 bits per heavy atom. The number of aryl methyl sites for hydroxylation is 1. The fourth-order valence-electron chi connectivity index (χ4n) is 1.60. The lowest BCUT2D eigenvalue weighted by atomic mass is 10.1. The van der Waals surface area contributed by atoms with E-state index in [-0.39, 0.29) is 12.5 Å². The molecule has 102 valence electrons. The van der Waals surface area contributed by atoms with Crippen LogP contribution in [0.1, 0.15) is 25.7 Å². The van der Waals surface area contributed by atoms with Gasteiger partial charge in [0, 0.05) is 18.9 Å². The van der Waals surface area contributed by atoms with Gasteiger partial charge in [-0.2, -0.15) is 0 Å². The maximum atomic E-state index is 12.0. The molecule has 0 bridgehead atoms. The Labute approximate surface area is 121 Å². The molecule has 0 aliphatic carbocycles. The number of nitrogens with one attached hydrogen (secondary N) is 1. The average molecular weight is 286 g/mol. The van der Waals surface area contributed by atoms with Crippen molar-refractivity contribution in [3.8, 4) is 11.8 Å². The minimum absolute atomic E-state index is 0.129. The first-order valence-corrected chi connectivity index (χ1v) is 6.89. The third kappa shape index (κ3) is 3.67. The second-order valence-corrected chi connectivity index (χ2v) is 5.19. The molecule has 0 fully saturated rings. The summed E-state index contributed by atoms with van der Waals surface area (Å²) in [5.74, 6) is 5.21. The molecular formula is C15H14N2O2S. The molecule has 2 rings (SSSR count). The highest BCUT2D eigenvalue weighted by molar-refractivity contribution is 7.14. The topological polar surface area (TPSA) is 62.2 Å². The second-order valence-electron chi connectivity index (χ2n) is 4.11. The first-order chi connectivity index (χ1) is 9.70. The van der Waals surface area contributed by atoms with Gasteiger partial charge < -0.3 is 10.4 Å². The minimum atomic E-state index is -0.181. The number of pyridine rings is 1. The molecule has 0 aromatic carbocycles. The number of hydrogen-bond acceptors (Lipinski definition) is 4. The van der Waals surface area contributed by atoms with Gasteiger partial charge in [-0.25, -0.2) is 0 Å². The zero-order valence-electron chi connectivity index (χ0n) is 11.0. The van der Waals surface area contributed by atoms with Crippen LogP contribution in [0, 0.1) is 18.8 Å². The number of carbonyl (C=O) groups is 1. The molecule has 0 aliphatic heterocycles. The summed E-state index contributed by atoms with van der Waals surface area (Å²) in [6, 6.07) is 5.42. The van der Waals surface area contributed by atoms with E-state index in [1.165, 1.54) is 11.3 Å². The molecule has 2 N–H and O–H groups in total. The molecule has 4 nitrogen and oxygen atoms in total. The van der Waals surface area contributed by atoms with E-state index in [9.17, 15) is 4.79 Å². The molecule has 2 aromatic rings. The molecule has 0 unspecified atom stereocenters. The lowest BCUT2D eigenvalue weighted by Gasteiger charge is -2.05. The highest BCUT2D eigenvalue weighted by Gasteiger charge is 2.08. The molecule has 0 saturated heterocycles. The third-order valence-electron chi connectivity index (χ3n) is 2.71. The van der Waals surface area contributed by atoms with Crippen LogP contribution >= 0.6 is 11.3 Å². The van der Waals surface area contributed by atoms with E-state index in [1.54, 1.807) is 24.5 Å². The van der Waals surface area contributed by atoms with Gasteiger partial charge >= 0.3 is 0 Å². The van der Waals surface area contributed by atoms with Crippen LogP contribution in [0.2, 0.25) is 0 Å². The van der Waals surface area contributed by atoms with Crippen molar-refractivity contribution < 1.29 is 9.90 Å². The van der Waals surface area contributed by atoms with Crippen molar-refractivity contribution in [1.29, 1.82) is 0 Å². The quantitative estimate of drug-likeness (QED) is 0.845. The molecule has 2 heterocycles. The molecule has 1 amide bonds. The van der Waals surface area contributed by atoms with E-state index in [0.29, 0.717) is 11.4 Å². The standard InChI is InChI=1S/C15H14N2O2S/c1-11-6-7-16-9-12(11)10-17-15(19)14-5-4-13(20-14)3-2-8-18/h4-7,9,18H,8,10H2,1H3,(H,17,19). The zero-order valence-corrected chi connectivity index (χ0v) is 11.8. The average Bonchev–Trinajstić information content (AvgIpc) is 2.93. The van der Waals surface area contributed by atoms with Crippen molar-refractivity contribution in [3.63, 3.8) is 0 Å². The first kappa shape index (κ1) is 14.3. The molecule has 20 heavy (non-hydrogen) atoms. The third-order valence-corrected chi connectivity index (χ3v) is 3.71. The van der Waals surface area contributed by atoms with Gasteiger partial charge in [-0.1, -0.05) is 11.8 Å². The highest BCUT2D eigenvalue weighted by Crippen LogP contribution is 2.15. The van der Waals surface area contributed by atoms with Gasteiger partial charge in [0.05, 0.1) is 9.75 Å². The van der Waals surface area contributed by atoms with E-state index in [1.807, 2.05) is 13.0 Å². The first-order valence-electron chi connectivity index (χ1n) is 6.08. The van der Waals surface area contributed by atoms with Crippen LogP contribution in [0.4, 0.5) is 0 Å². The summed E-state index contributed by atoms with van der Waals surface area (Å²) in [5.41, 5.74) is 2.10. The van der Waals surface area contributed by atoms with Crippen molar-refractivity contribution in [1.82, 2.24) is 10.3 Å². The number of amides is 1. The number of nitrogens with zero attached hydrogens (tertiary/aromatic N) is 1. The SMILES string of the molecule is Cc1ccncc1CNC(=O)c1ccc(C#CCO)s1. The highest BCUT2D eigenvalue weighted by atomic mass is 32.1. The fourth-order valence-corrected chi connectivity index (χ4v) is 2.40. The van der Waals surface area contributed by atoms with Gasteiger partial charge in [-0.05, 0) is 36.2 Å². The van der Waals surface area contributed by atoms with Gasteiger partial charge in [0.25, 0.3) is 5.91 Å². The molecule has 0 saturated carbocycles. The zero-order chi connectivity index (χ0) is 14.4. The van der Waals surface area contributed by atoms with Crippen molar-refractivity contribution in [2.24, 2.45) is 0 Å². The lowest BCUT2D eigenvalue weighted by Crippen LogP contribution is -2.22. The summed E-state index contributed by atoms with van der Waals surface area (Å²) >= 11 is 1.31. The summed E-state index contributed by atoms with van der Waals surface area (Å²) in [5, 5.41) is 11.5. The number of hydrogen-bond donors (Lipinski definition) is 2. The largest absolute Gasteiger partial charge is 0.384 e. The molecule has 0 spiro atoms.